The minimum Gasteiger partial charge on any atom is -0.494 e. The molecule has 0 spiro atoms. The number of aliphatic hydroxyl groups is 1. The molecule has 5 rings (SSSR count). The molecule has 1 aliphatic heterocycles. The van der Waals surface area contributed by atoms with Gasteiger partial charge in [-0.05, 0) is 64.2 Å². The van der Waals surface area contributed by atoms with Crippen LogP contribution in [0.2, 0.25) is 0 Å². The third-order valence-electron chi connectivity index (χ3n) is 7.89. The quantitative estimate of drug-likeness (QED) is 0.0758. The molecule has 4 aromatic carbocycles. The van der Waals surface area contributed by atoms with Gasteiger partial charge in [-0.2, -0.15) is 0 Å². The Kier molecular flexibility index (Phi) is 10.5. The summed E-state index contributed by atoms with van der Waals surface area (Å²) in [5.74, 6) is 0.697. The second-order valence-electron chi connectivity index (χ2n) is 11.3. The topological polar surface area (TPSA) is 132 Å². The van der Waals surface area contributed by atoms with Crippen LogP contribution in [-0.2, 0) is 29.0 Å². The number of anilines is 1. The number of aliphatic imine (C=N–C) groups is 1. The summed E-state index contributed by atoms with van der Waals surface area (Å²) in [4.78, 5) is 24.7. The number of amides is 1. The average molecular weight is 619 g/mol. The molecule has 1 heterocycles. The van der Waals surface area contributed by atoms with Gasteiger partial charge in [0.1, 0.15) is 5.75 Å². The van der Waals surface area contributed by atoms with E-state index in [0.29, 0.717) is 36.8 Å². The van der Waals surface area contributed by atoms with Crippen molar-refractivity contribution in [3.8, 4) is 5.75 Å². The van der Waals surface area contributed by atoms with E-state index in [0.717, 1.165) is 27.9 Å². The fourth-order valence-corrected chi connectivity index (χ4v) is 5.46. The lowest BCUT2D eigenvalue weighted by molar-refractivity contribution is -0.129. The largest absolute Gasteiger partial charge is 0.494 e. The number of azide groups is 1. The molecule has 1 aliphatic rings. The maximum atomic E-state index is 14.6. The molecule has 0 unspecified atom stereocenters. The van der Waals surface area contributed by atoms with Crippen molar-refractivity contribution >= 4 is 17.5 Å². The third-order valence-corrected chi connectivity index (χ3v) is 7.89. The number of ether oxygens (including phenoxy) is 2. The average Bonchev–Trinajstić information content (AvgIpc) is 3.47. The molecule has 0 aliphatic carbocycles. The highest BCUT2D eigenvalue weighted by atomic mass is 16.5. The first-order valence-corrected chi connectivity index (χ1v) is 15.2. The van der Waals surface area contributed by atoms with Crippen molar-refractivity contribution in [3.63, 3.8) is 0 Å². The van der Waals surface area contributed by atoms with E-state index in [1.165, 1.54) is 0 Å². The summed E-state index contributed by atoms with van der Waals surface area (Å²) in [6, 6.07) is 32.6. The standard InChI is InChI=1S/C36H38N6O4/c1-42(2)30-17-13-27(14-18-30)24-38-35(44)36(23-26-9-4-3-5-10-26)33(32-12-7-6-11-29(32)25-39-41-37)46-34(40-36)28-15-19-31(20-16-28)45-22-8-21-43/h3-7,9-20,33,43H,8,21-25H2,1-2H3,(H,38,44)/t33-,36-/m1/s1. The van der Waals surface area contributed by atoms with E-state index in [4.69, 9.17) is 25.1 Å². The second kappa shape index (κ2) is 15.1. The Morgan fingerprint density at radius 1 is 1.00 bits per heavy atom. The van der Waals surface area contributed by atoms with Gasteiger partial charge in [-0.15, -0.1) is 0 Å². The van der Waals surface area contributed by atoms with Crippen molar-refractivity contribution in [2.45, 2.75) is 37.6 Å². The Morgan fingerprint density at radius 2 is 1.72 bits per heavy atom. The highest BCUT2D eigenvalue weighted by molar-refractivity contribution is 6.01. The van der Waals surface area contributed by atoms with E-state index in [1.54, 1.807) is 0 Å². The number of aliphatic hydroxyl groups excluding tert-OH is 1. The molecular formula is C36H38N6O4. The lowest BCUT2D eigenvalue weighted by Gasteiger charge is -2.32. The van der Waals surface area contributed by atoms with E-state index in [9.17, 15) is 4.79 Å². The Balaban J connectivity index is 1.56. The number of carbonyl (C=O) groups is 1. The van der Waals surface area contributed by atoms with Gasteiger partial charge in [0.2, 0.25) is 5.90 Å². The Morgan fingerprint density at radius 3 is 2.41 bits per heavy atom. The highest BCUT2D eigenvalue weighted by Gasteiger charge is 2.53. The first-order valence-electron chi connectivity index (χ1n) is 15.2. The van der Waals surface area contributed by atoms with E-state index in [2.05, 4.69) is 15.3 Å². The van der Waals surface area contributed by atoms with Gasteiger partial charge in [-0.25, -0.2) is 4.99 Å². The molecule has 0 bridgehead atoms. The number of nitrogens with one attached hydrogen (secondary N) is 1. The van der Waals surface area contributed by atoms with Gasteiger partial charge in [0.15, 0.2) is 11.6 Å². The van der Waals surface area contributed by atoms with E-state index in [1.807, 2.05) is 122 Å². The predicted octanol–water partition coefficient (Wildman–Crippen LogP) is 6.14. The van der Waals surface area contributed by atoms with Gasteiger partial charge in [0, 0.05) is 56.3 Å². The van der Waals surface area contributed by atoms with Crippen LogP contribution in [0, 0.1) is 0 Å². The molecule has 2 atom stereocenters. The Bertz CT molecular complexity index is 1690. The normalized spacial score (nSPS) is 16.9. The van der Waals surface area contributed by atoms with E-state index < -0.39 is 11.6 Å². The zero-order valence-electron chi connectivity index (χ0n) is 26.0. The van der Waals surface area contributed by atoms with Crippen LogP contribution in [-0.4, -0.2) is 49.8 Å². The highest BCUT2D eigenvalue weighted by Crippen LogP contribution is 2.44. The molecule has 1 amide bonds. The molecule has 46 heavy (non-hydrogen) atoms. The predicted molar refractivity (Wildman–Crippen MR) is 179 cm³/mol. The van der Waals surface area contributed by atoms with E-state index >= 15 is 0 Å². The van der Waals surface area contributed by atoms with Gasteiger partial charge in [-0.3, -0.25) is 4.79 Å². The van der Waals surface area contributed by atoms with Crippen LogP contribution in [0.4, 0.5) is 5.69 Å². The van der Waals surface area contributed by atoms with Crippen molar-refractivity contribution in [3.05, 3.63) is 141 Å². The summed E-state index contributed by atoms with van der Waals surface area (Å²) < 4.78 is 12.4. The molecule has 0 saturated heterocycles. The van der Waals surface area contributed by atoms with Gasteiger partial charge in [0.25, 0.3) is 5.91 Å². The Labute approximate surface area is 268 Å². The van der Waals surface area contributed by atoms with E-state index in [-0.39, 0.29) is 25.5 Å². The zero-order chi connectivity index (χ0) is 32.4. The maximum absolute atomic E-state index is 14.6. The third kappa shape index (κ3) is 7.48. The summed E-state index contributed by atoms with van der Waals surface area (Å²) in [5, 5.41) is 16.1. The summed E-state index contributed by atoms with van der Waals surface area (Å²) >= 11 is 0. The van der Waals surface area contributed by atoms with Crippen LogP contribution in [0.5, 0.6) is 5.75 Å². The first-order chi connectivity index (χ1) is 22.4. The van der Waals surface area contributed by atoms with Crippen LogP contribution in [0.15, 0.2) is 113 Å². The molecule has 0 radical (unpaired) electrons. The van der Waals surface area contributed by atoms with Gasteiger partial charge >= 0.3 is 0 Å². The summed E-state index contributed by atoms with van der Waals surface area (Å²) in [5.41, 5.74) is 12.8. The minimum absolute atomic E-state index is 0.0538. The van der Waals surface area contributed by atoms with Gasteiger partial charge in [-0.1, -0.05) is 71.8 Å². The van der Waals surface area contributed by atoms with Gasteiger partial charge < -0.3 is 24.8 Å². The fourth-order valence-electron chi connectivity index (χ4n) is 5.46. The number of benzene rings is 4. The molecule has 236 valence electrons. The van der Waals surface area contributed by atoms with Crippen LogP contribution in [0.1, 0.15) is 40.3 Å². The molecular weight excluding hydrogens is 580 g/mol. The number of hydrogen-bond donors (Lipinski definition) is 2. The van der Waals surface area contributed by atoms with Crippen molar-refractivity contribution in [2.75, 3.05) is 32.2 Å². The second-order valence-corrected chi connectivity index (χ2v) is 11.3. The summed E-state index contributed by atoms with van der Waals surface area (Å²) in [7, 11) is 3.97. The molecule has 0 fully saturated rings. The monoisotopic (exact) mass is 618 g/mol. The molecule has 2 N–H and O–H groups in total. The van der Waals surface area contributed by atoms with Crippen LogP contribution >= 0.6 is 0 Å². The lowest BCUT2D eigenvalue weighted by Crippen LogP contribution is -2.49. The number of rotatable bonds is 14. The number of carbonyl (C=O) groups excluding carboxylic acids is 1. The van der Waals surface area contributed by atoms with Crippen molar-refractivity contribution in [1.29, 1.82) is 0 Å². The van der Waals surface area contributed by atoms with Gasteiger partial charge in [0.05, 0.1) is 13.2 Å². The van der Waals surface area contributed by atoms with Crippen molar-refractivity contribution < 1.29 is 19.4 Å². The van der Waals surface area contributed by atoms with Crippen molar-refractivity contribution in [1.82, 2.24) is 5.32 Å². The zero-order valence-corrected chi connectivity index (χ0v) is 26.0. The lowest BCUT2D eigenvalue weighted by atomic mass is 9.80. The van der Waals surface area contributed by atoms with Crippen LogP contribution in [0.3, 0.4) is 0 Å². The maximum Gasteiger partial charge on any atom is 0.252 e. The minimum atomic E-state index is -1.39. The van der Waals surface area contributed by atoms with Crippen LogP contribution in [0.25, 0.3) is 10.4 Å². The summed E-state index contributed by atoms with van der Waals surface area (Å²) in [6.45, 7) is 0.859. The molecule has 0 saturated carbocycles. The van der Waals surface area contributed by atoms with Crippen molar-refractivity contribution in [2.24, 2.45) is 10.1 Å². The summed E-state index contributed by atoms with van der Waals surface area (Å²) in [6.07, 6.45) is -0.0128. The fraction of sp³-hybridized carbons (Fsp3) is 0.278. The number of nitrogens with zero attached hydrogens (tertiary/aromatic N) is 5. The SMILES string of the molecule is CN(C)c1ccc(CNC(=O)[C@]2(Cc3ccccc3)N=C(c3ccc(OCCCO)cc3)O[C@@H]2c2ccccc2CN=[N+]=[N-])cc1. The molecule has 4 aromatic rings. The molecule has 10 heteroatoms. The van der Waals surface area contributed by atoms with Crippen LogP contribution < -0.4 is 15.0 Å². The molecule has 10 nitrogen and oxygen atoms in total. The Hall–Kier alpha value is -5.31. The smallest absolute Gasteiger partial charge is 0.252 e. The first kappa shape index (κ1) is 32.1. The molecule has 0 aromatic heterocycles. The number of hydrogen-bond acceptors (Lipinski definition) is 7.